The van der Waals surface area contributed by atoms with E-state index in [9.17, 15) is 14.0 Å². The van der Waals surface area contributed by atoms with Gasteiger partial charge in [0.1, 0.15) is 5.82 Å². The number of ether oxygens (including phenoxy) is 1. The summed E-state index contributed by atoms with van der Waals surface area (Å²) >= 11 is 5.99. The highest BCUT2D eigenvalue weighted by atomic mass is 35.5. The van der Waals surface area contributed by atoms with E-state index in [1.807, 2.05) is 18.7 Å². The van der Waals surface area contributed by atoms with Crippen molar-refractivity contribution in [3.05, 3.63) is 29.0 Å². The van der Waals surface area contributed by atoms with Gasteiger partial charge in [-0.05, 0) is 32.0 Å². The predicted molar refractivity (Wildman–Crippen MR) is 110 cm³/mol. The first-order chi connectivity index (χ1) is 13.9. The van der Waals surface area contributed by atoms with E-state index in [0.29, 0.717) is 58.2 Å². The molecule has 2 aliphatic rings. The lowest BCUT2D eigenvalue weighted by atomic mass is 10.1. The number of nitrogens with zero attached hydrogens (tertiary/aromatic N) is 3. The number of carbonyl (C=O) groups is 2. The Morgan fingerprint density at radius 3 is 2.21 bits per heavy atom. The van der Waals surface area contributed by atoms with Crippen LogP contribution < -0.4 is 5.32 Å². The van der Waals surface area contributed by atoms with Gasteiger partial charge in [-0.15, -0.1) is 0 Å². The molecule has 160 valence electrons. The highest BCUT2D eigenvalue weighted by Crippen LogP contribution is 2.23. The molecule has 3 rings (SSSR count). The Morgan fingerprint density at radius 2 is 1.62 bits per heavy atom. The number of hydrogen-bond acceptors (Lipinski definition) is 5. The van der Waals surface area contributed by atoms with Crippen molar-refractivity contribution in [3.8, 4) is 0 Å². The third-order valence-corrected chi connectivity index (χ3v) is 6.01. The number of rotatable bonds is 5. The van der Waals surface area contributed by atoms with Gasteiger partial charge in [0.25, 0.3) is 0 Å². The lowest BCUT2D eigenvalue weighted by Gasteiger charge is -2.41. The number of piperazine rings is 1. The third-order valence-electron chi connectivity index (χ3n) is 5.69. The first-order valence-corrected chi connectivity index (χ1v) is 10.3. The Hall–Kier alpha value is -1.74. The van der Waals surface area contributed by atoms with Gasteiger partial charge in [0.05, 0.1) is 36.0 Å². The van der Waals surface area contributed by atoms with E-state index >= 15 is 0 Å². The number of hydrogen-bond donors (Lipinski definition) is 1. The lowest BCUT2D eigenvalue weighted by molar-refractivity contribution is -0.141. The normalized spacial score (nSPS) is 20.9. The number of morpholine rings is 1. The second kappa shape index (κ2) is 9.84. The molecule has 0 spiro atoms. The molecule has 7 nitrogen and oxygen atoms in total. The Balaban J connectivity index is 1.50. The van der Waals surface area contributed by atoms with Crippen LogP contribution >= 0.6 is 11.6 Å². The fourth-order valence-corrected chi connectivity index (χ4v) is 3.92. The van der Waals surface area contributed by atoms with Gasteiger partial charge in [-0.1, -0.05) is 11.6 Å². The fraction of sp³-hybridized carbons (Fsp3) is 0.600. The molecule has 2 heterocycles. The number of halogens is 2. The van der Waals surface area contributed by atoms with Crippen LogP contribution in [0, 0.1) is 5.82 Å². The SMILES string of the molecule is CC(C(=O)Nc1ccc(F)cc1Cl)N1CCN(C(C)C(=O)N2CCOCC2)CC1. The van der Waals surface area contributed by atoms with Crippen molar-refractivity contribution in [2.45, 2.75) is 25.9 Å². The molecule has 0 aliphatic carbocycles. The molecule has 9 heteroatoms. The van der Waals surface area contributed by atoms with Gasteiger partial charge in [0.2, 0.25) is 11.8 Å². The molecule has 2 saturated heterocycles. The molecule has 2 fully saturated rings. The maximum Gasteiger partial charge on any atom is 0.241 e. The summed E-state index contributed by atoms with van der Waals surface area (Å²) in [4.78, 5) is 31.4. The van der Waals surface area contributed by atoms with Gasteiger partial charge >= 0.3 is 0 Å². The molecule has 2 atom stereocenters. The molecular weight excluding hydrogens is 399 g/mol. The van der Waals surface area contributed by atoms with Crippen LogP contribution in [0.25, 0.3) is 0 Å². The maximum atomic E-state index is 13.2. The van der Waals surface area contributed by atoms with Crippen molar-refractivity contribution >= 4 is 29.1 Å². The first-order valence-electron chi connectivity index (χ1n) is 9.97. The van der Waals surface area contributed by atoms with Crippen LogP contribution in [0.4, 0.5) is 10.1 Å². The predicted octanol–water partition coefficient (Wildman–Crippen LogP) is 1.67. The molecule has 2 amide bonds. The van der Waals surface area contributed by atoms with Crippen LogP contribution in [-0.4, -0.2) is 91.1 Å². The highest BCUT2D eigenvalue weighted by Gasteiger charge is 2.32. The van der Waals surface area contributed by atoms with Gasteiger partial charge in [-0.25, -0.2) is 4.39 Å². The Kier molecular flexibility index (Phi) is 7.45. The molecule has 2 aliphatic heterocycles. The molecule has 0 bridgehead atoms. The van der Waals surface area contributed by atoms with Crippen LogP contribution in [0.15, 0.2) is 18.2 Å². The zero-order valence-electron chi connectivity index (χ0n) is 16.9. The number of benzene rings is 1. The van der Waals surface area contributed by atoms with E-state index in [0.717, 1.165) is 0 Å². The minimum absolute atomic E-state index is 0.137. The summed E-state index contributed by atoms with van der Waals surface area (Å²) in [6.07, 6.45) is 0. The Labute approximate surface area is 175 Å². The molecule has 1 aromatic rings. The van der Waals surface area contributed by atoms with E-state index < -0.39 is 5.82 Å². The van der Waals surface area contributed by atoms with Gasteiger partial charge < -0.3 is 15.0 Å². The minimum atomic E-state index is -0.446. The minimum Gasteiger partial charge on any atom is -0.378 e. The standard InChI is InChI=1S/C20H28ClFN4O3/c1-14(19(27)23-18-4-3-16(22)13-17(18)21)24-5-7-25(8-6-24)15(2)20(28)26-9-11-29-12-10-26/h3-4,13-15H,5-12H2,1-2H3,(H,23,27). The van der Waals surface area contributed by atoms with Crippen LogP contribution in [0.3, 0.4) is 0 Å². The molecule has 1 N–H and O–H groups in total. The van der Waals surface area contributed by atoms with Crippen molar-refractivity contribution in [3.63, 3.8) is 0 Å². The van der Waals surface area contributed by atoms with Crippen LogP contribution in [0.2, 0.25) is 5.02 Å². The van der Waals surface area contributed by atoms with Gasteiger partial charge in [-0.3, -0.25) is 19.4 Å². The molecule has 29 heavy (non-hydrogen) atoms. The molecule has 0 radical (unpaired) electrons. The summed E-state index contributed by atoms with van der Waals surface area (Å²) in [5.41, 5.74) is 0.397. The Bertz CT molecular complexity index is 736. The topological polar surface area (TPSA) is 65.1 Å². The molecule has 0 aromatic heterocycles. The lowest BCUT2D eigenvalue weighted by Crippen LogP contribution is -2.58. The van der Waals surface area contributed by atoms with Crippen molar-refractivity contribution in [2.24, 2.45) is 0 Å². The number of anilines is 1. The first kappa shape index (κ1) is 22.0. The van der Waals surface area contributed by atoms with Crippen molar-refractivity contribution in [1.29, 1.82) is 0 Å². The third kappa shape index (κ3) is 5.45. The zero-order chi connectivity index (χ0) is 21.0. The number of carbonyl (C=O) groups excluding carboxylic acids is 2. The van der Waals surface area contributed by atoms with E-state index in [1.165, 1.54) is 18.2 Å². The molecule has 2 unspecified atom stereocenters. The molecule has 0 saturated carbocycles. The van der Waals surface area contributed by atoms with Crippen molar-refractivity contribution < 1.29 is 18.7 Å². The second-order valence-electron chi connectivity index (χ2n) is 7.47. The average molecular weight is 427 g/mol. The summed E-state index contributed by atoms with van der Waals surface area (Å²) < 4.78 is 18.5. The summed E-state index contributed by atoms with van der Waals surface area (Å²) in [5.74, 6) is -0.499. The van der Waals surface area contributed by atoms with Gasteiger partial charge in [0.15, 0.2) is 0 Å². The van der Waals surface area contributed by atoms with Crippen molar-refractivity contribution in [1.82, 2.24) is 14.7 Å². The summed E-state index contributed by atoms with van der Waals surface area (Å²) in [7, 11) is 0. The highest BCUT2D eigenvalue weighted by molar-refractivity contribution is 6.33. The fourth-order valence-electron chi connectivity index (χ4n) is 3.71. The van der Waals surface area contributed by atoms with E-state index in [4.69, 9.17) is 16.3 Å². The Morgan fingerprint density at radius 1 is 1.03 bits per heavy atom. The average Bonchev–Trinajstić information content (AvgIpc) is 2.74. The summed E-state index contributed by atoms with van der Waals surface area (Å²) in [5, 5.41) is 2.94. The number of nitrogens with one attached hydrogen (secondary N) is 1. The summed E-state index contributed by atoms with van der Waals surface area (Å²) in [6, 6.07) is 3.35. The summed E-state index contributed by atoms with van der Waals surface area (Å²) in [6.45, 7) is 9.06. The van der Waals surface area contributed by atoms with Crippen LogP contribution in [0.1, 0.15) is 13.8 Å². The van der Waals surface area contributed by atoms with E-state index in [-0.39, 0.29) is 28.9 Å². The van der Waals surface area contributed by atoms with E-state index in [1.54, 1.807) is 0 Å². The van der Waals surface area contributed by atoms with Gasteiger partial charge in [0, 0.05) is 39.3 Å². The monoisotopic (exact) mass is 426 g/mol. The van der Waals surface area contributed by atoms with Crippen LogP contribution in [-0.2, 0) is 14.3 Å². The van der Waals surface area contributed by atoms with Crippen LogP contribution in [0.5, 0.6) is 0 Å². The van der Waals surface area contributed by atoms with E-state index in [2.05, 4.69) is 15.1 Å². The van der Waals surface area contributed by atoms with Gasteiger partial charge in [-0.2, -0.15) is 0 Å². The zero-order valence-corrected chi connectivity index (χ0v) is 17.6. The molecule has 1 aromatic carbocycles. The number of amides is 2. The smallest absolute Gasteiger partial charge is 0.241 e. The maximum absolute atomic E-state index is 13.2. The van der Waals surface area contributed by atoms with Crippen molar-refractivity contribution in [2.75, 3.05) is 57.8 Å². The quantitative estimate of drug-likeness (QED) is 0.776. The largest absolute Gasteiger partial charge is 0.378 e. The second-order valence-corrected chi connectivity index (χ2v) is 7.88. The molecular formula is C20H28ClFN4O3.